The van der Waals surface area contributed by atoms with Gasteiger partial charge in [0.2, 0.25) is 0 Å². The van der Waals surface area contributed by atoms with E-state index in [1.165, 1.54) is 6.33 Å². The lowest BCUT2D eigenvalue weighted by Crippen LogP contribution is -2.33. The highest BCUT2D eigenvalue weighted by Crippen LogP contribution is 2.28. The summed E-state index contributed by atoms with van der Waals surface area (Å²) in [7, 11) is 1.66. The molecular formula is C14H19ClN4O. The maximum Gasteiger partial charge on any atom is 0.137 e. The molecule has 0 saturated heterocycles. The van der Waals surface area contributed by atoms with Crippen LogP contribution in [-0.4, -0.2) is 27.9 Å². The lowest BCUT2D eigenvalue weighted by molar-refractivity contribution is 0.382. The van der Waals surface area contributed by atoms with Gasteiger partial charge in [0.1, 0.15) is 18.4 Å². The van der Waals surface area contributed by atoms with Crippen LogP contribution in [0.2, 0.25) is 5.02 Å². The van der Waals surface area contributed by atoms with Crippen LogP contribution in [0.15, 0.2) is 30.9 Å². The number of nitrogens with zero attached hydrogens (tertiary/aromatic N) is 3. The number of nitrogens with one attached hydrogen (secondary N) is 1. The number of benzene rings is 1. The molecule has 2 rings (SSSR count). The number of halogens is 1. The molecule has 0 aliphatic rings. The highest BCUT2D eigenvalue weighted by atomic mass is 35.5. The fourth-order valence-electron chi connectivity index (χ4n) is 2.22. The number of ether oxygens (including phenoxy) is 1. The van der Waals surface area contributed by atoms with Crippen LogP contribution in [0.5, 0.6) is 5.75 Å². The summed E-state index contributed by atoms with van der Waals surface area (Å²) in [6, 6.07) is 6.02. The van der Waals surface area contributed by atoms with Crippen LogP contribution in [0.4, 0.5) is 0 Å². The fraction of sp³-hybridized carbons (Fsp3) is 0.429. The molecule has 0 amide bonds. The predicted molar refractivity (Wildman–Crippen MR) is 79.0 cm³/mol. The Balaban J connectivity index is 2.03. The molecule has 0 fully saturated rings. The van der Waals surface area contributed by atoms with Crippen molar-refractivity contribution in [1.82, 2.24) is 20.1 Å². The van der Waals surface area contributed by atoms with Gasteiger partial charge in [0.25, 0.3) is 0 Å². The number of aromatic nitrogens is 3. The highest BCUT2D eigenvalue weighted by Gasteiger charge is 2.14. The van der Waals surface area contributed by atoms with Crippen molar-refractivity contribution < 1.29 is 4.74 Å². The Kier molecular flexibility index (Phi) is 4.98. The van der Waals surface area contributed by atoms with E-state index in [0.29, 0.717) is 5.02 Å². The maximum absolute atomic E-state index is 6.06. The minimum Gasteiger partial charge on any atom is -0.496 e. The largest absolute Gasteiger partial charge is 0.496 e. The minimum atomic E-state index is 0.127. The normalized spacial score (nSPS) is 14.0. The van der Waals surface area contributed by atoms with E-state index >= 15 is 0 Å². The van der Waals surface area contributed by atoms with E-state index in [0.717, 1.165) is 17.9 Å². The molecule has 0 radical (unpaired) electrons. The molecule has 0 bridgehead atoms. The quantitative estimate of drug-likeness (QED) is 0.890. The van der Waals surface area contributed by atoms with Crippen molar-refractivity contribution in [2.24, 2.45) is 0 Å². The number of hydrogen-bond acceptors (Lipinski definition) is 4. The number of methoxy groups -OCH3 is 1. The molecule has 0 unspecified atom stereocenters. The molecule has 20 heavy (non-hydrogen) atoms. The van der Waals surface area contributed by atoms with Gasteiger partial charge in [-0.05, 0) is 32.0 Å². The molecule has 0 saturated carbocycles. The maximum atomic E-state index is 6.06. The second kappa shape index (κ2) is 6.72. The zero-order chi connectivity index (χ0) is 14.5. The third kappa shape index (κ3) is 3.71. The van der Waals surface area contributed by atoms with E-state index < -0.39 is 0 Å². The average molecular weight is 295 g/mol. The zero-order valence-corrected chi connectivity index (χ0v) is 12.6. The Morgan fingerprint density at radius 3 is 2.85 bits per heavy atom. The van der Waals surface area contributed by atoms with E-state index in [9.17, 15) is 0 Å². The topological polar surface area (TPSA) is 52.0 Å². The molecule has 1 heterocycles. The molecular weight excluding hydrogens is 276 g/mol. The van der Waals surface area contributed by atoms with Gasteiger partial charge in [0.15, 0.2) is 0 Å². The van der Waals surface area contributed by atoms with Crippen molar-refractivity contribution >= 4 is 11.6 Å². The molecule has 0 spiro atoms. The van der Waals surface area contributed by atoms with Crippen LogP contribution in [0.25, 0.3) is 0 Å². The Hall–Kier alpha value is -1.59. The summed E-state index contributed by atoms with van der Waals surface area (Å²) >= 11 is 6.06. The first-order valence-corrected chi connectivity index (χ1v) is 6.90. The molecule has 0 aliphatic carbocycles. The minimum absolute atomic E-state index is 0.127. The lowest BCUT2D eigenvalue weighted by atomic mass is 10.1. The molecule has 0 aliphatic heterocycles. The van der Waals surface area contributed by atoms with Crippen molar-refractivity contribution in [3.63, 3.8) is 0 Å². The Morgan fingerprint density at radius 1 is 1.40 bits per heavy atom. The summed E-state index contributed by atoms with van der Waals surface area (Å²) in [5, 5.41) is 8.32. The van der Waals surface area contributed by atoms with E-state index in [2.05, 4.69) is 29.2 Å². The second-order valence-corrected chi connectivity index (χ2v) is 5.23. The van der Waals surface area contributed by atoms with Gasteiger partial charge in [-0.15, -0.1) is 0 Å². The summed E-state index contributed by atoms with van der Waals surface area (Å²) in [5.74, 6) is 0.836. The molecule has 6 heteroatoms. The van der Waals surface area contributed by atoms with Crippen molar-refractivity contribution in [1.29, 1.82) is 0 Å². The highest BCUT2D eigenvalue weighted by molar-refractivity contribution is 6.30. The Morgan fingerprint density at radius 2 is 2.20 bits per heavy atom. The first kappa shape index (κ1) is 14.8. The average Bonchev–Trinajstić information content (AvgIpc) is 2.91. The molecule has 2 aromatic rings. The SMILES string of the molecule is COc1ccc(Cl)cc1[C@@H](C)N[C@H](C)Cn1cncn1. The lowest BCUT2D eigenvalue weighted by Gasteiger charge is -2.22. The van der Waals surface area contributed by atoms with Gasteiger partial charge in [-0.1, -0.05) is 11.6 Å². The first-order valence-electron chi connectivity index (χ1n) is 6.52. The third-order valence-electron chi connectivity index (χ3n) is 3.12. The summed E-state index contributed by atoms with van der Waals surface area (Å²) in [4.78, 5) is 3.94. The van der Waals surface area contributed by atoms with Gasteiger partial charge in [0.05, 0.1) is 13.7 Å². The smallest absolute Gasteiger partial charge is 0.137 e. The van der Waals surface area contributed by atoms with Gasteiger partial charge in [-0.25, -0.2) is 4.98 Å². The first-order chi connectivity index (χ1) is 9.60. The van der Waals surface area contributed by atoms with E-state index in [1.54, 1.807) is 18.1 Å². The van der Waals surface area contributed by atoms with Gasteiger partial charge in [0, 0.05) is 22.7 Å². The van der Waals surface area contributed by atoms with Crippen molar-refractivity contribution in [3.05, 3.63) is 41.4 Å². The van der Waals surface area contributed by atoms with Gasteiger partial charge < -0.3 is 10.1 Å². The van der Waals surface area contributed by atoms with E-state index in [1.807, 2.05) is 18.2 Å². The predicted octanol–water partition coefficient (Wildman–Crippen LogP) is 2.68. The Bertz CT molecular complexity index is 544. The molecule has 1 N–H and O–H groups in total. The third-order valence-corrected chi connectivity index (χ3v) is 3.36. The monoisotopic (exact) mass is 294 g/mol. The summed E-state index contributed by atoms with van der Waals surface area (Å²) in [6.07, 6.45) is 3.25. The van der Waals surface area contributed by atoms with Gasteiger partial charge >= 0.3 is 0 Å². The van der Waals surface area contributed by atoms with Gasteiger partial charge in [-0.3, -0.25) is 4.68 Å². The molecule has 108 valence electrons. The van der Waals surface area contributed by atoms with Crippen LogP contribution in [-0.2, 0) is 6.54 Å². The zero-order valence-electron chi connectivity index (χ0n) is 11.9. The van der Waals surface area contributed by atoms with Crippen molar-refractivity contribution in [3.8, 4) is 5.75 Å². The summed E-state index contributed by atoms with van der Waals surface area (Å²) < 4.78 is 7.19. The van der Waals surface area contributed by atoms with Gasteiger partial charge in [-0.2, -0.15) is 5.10 Å². The molecule has 5 nitrogen and oxygen atoms in total. The van der Waals surface area contributed by atoms with Crippen molar-refractivity contribution in [2.45, 2.75) is 32.5 Å². The molecule has 1 aromatic heterocycles. The van der Waals surface area contributed by atoms with Crippen molar-refractivity contribution in [2.75, 3.05) is 7.11 Å². The summed E-state index contributed by atoms with van der Waals surface area (Å²) in [6.45, 7) is 4.95. The van der Waals surface area contributed by atoms with Crippen LogP contribution in [0, 0.1) is 0 Å². The van der Waals surface area contributed by atoms with E-state index in [4.69, 9.17) is 16.3 Å². The number of rotatable bonds is 6. The van der Waals surface area contributed by atoms with Crippen LogP contribution in [0.3, 0.4) is 0 Å². The standard InChI is InChI=1S/C14H19ClN4O/c1-10(7-19-9-16-8-17-19)18-11(2)13-6-12(15)4-5-14(13)20-3/h4-6,8-11,18H,7H2,1-3H3/t10-,11-/m1/s1. The molecule has 1 aromatic carbocycles. The van der Waals surface area contributed by atoms with E-state index in [-0.39, 0.29) is 12.1 Å². The van der Waals surface area contributed by atoms with Crippen LogP contribution in [0.1, 0.15) is 25.5 Å². The second-order valence-electron chi connectivity index (χ2n) is 4.79. The number of hydrogen-bond donors (Lipinski definition) is 1. The van der Waals surface area contributed by atoms with Crippen LogP contribution >= 0.6 is 11.6 Å². The fourth-order valence-corrected chi connectivity index (χ4v) is 2.40. The Labute approximate surface area is 123 Å². The van der Waals surface area contributed by atoms with Crippen LogP contribution < -0.4 is 10.1 Å². The summed E-state index contributed by atoms with van der Waals surface area (Å²) in [5.41, 5.74) is 1.05. The molecule has 2 atom stereocenters.